The number of likely N-dealkylation sites (tertiary alicyclic amines) is 1. The van der Waals surface area contributed by atoms with E-state index < -0.39 is 0 Å². The van der Waals surface area contributed by atoms with Crippen LogP contribution in [-0.4, -0.2) is 47.1 Å². The monoisotopic (exact) mass is 255 g/mol. The van der Waals surface area contributed by atoms with Crippen LogP contribution >= 0.6 is 11.6 Å². The van der Waals surface area contributed by atoms with E-state index in [2.05, 4.69) is 9.97 Å². The number of hydrogen-bond donors (Lipinski definition) is 0. The fraction of sp³-hybridized carbons (Fsp3) is 0.545. The van der Waals surface area contributed by atoms with Gasteiger partial charge < -0.3 is 9.64 Å². The number of ether oxygens (including phenoxy) is 1. The molecule has 1 aliphatic rings. The van der Waals surface area contributed by atoms with Crippen molar-refractivity contribution in [2.75, 3.05) is 20.2 Å². The largest absolute Gasteiger partial charge is 0.381 e. The predicted octanol–water partition coefficient (Wildman–Crippen LogP) is 1.38. The summed E-state index contributed by atoms with van der Waals surface area (Å²) in [5.41, 5.74) is 0.338. The number of carbonyl (C=O) groups is 1. The predicted molar refractivity (Wildman–Crippen MR) is 63.0 cm³/mol. The lowest BCUT2D eigenvalue weighted by atomic mass is 10.1. The van der Waals surface area contributed by atoms with Gasteiger partial charge >= 0.3 is 0 Å². The van der Waals surface area contributed by atoms with Crippen LogP contribution in [0.4, 0.5) is 0 Å². The number of carbonyl (C=O) groups excluding carboxylic acids is 1. The van der Waals surface area contributed by atoms with Gasteiger partial charge in [-0.25, -0.2) is 9.97 Å². The molecule has 0 atom stereocenters. The van der Waals surface area contributed by atoms with Crippen LogP contribution in [0.2, 0.25) is 5.15 Å². The molecule has 0 spiro atoms. The molecule has 0 bridgehead atoms. The molecule has 1 aromatic rings. The zero-order valence-electron chi connectivity index (χ0n) is 9.60. The number of hydrogen-bond acceptors (Lipinski definition) is 4. The average Bonchev–Trinajstić information content (AvgIpc) is 2.39. The third kappa shape index (κ3) is 2.92. The summed E-state index contributed by atoms with van der Waals surface area (Å²) >= 11 is 5.62. The fourth-order valence-electron chi connectivity index (χ4n) is 1.88. The molecule has 17 heavy (non-hydrogen) atoms. The SMILES string of the molecule is COC1CCN(C(=O)c2cnc(Cl)cn2)CC1. The minimum atomic E-state index is -0.0938. The van der Waals surface area contributed by atoms with Gasteiger partial charge in [0.1, 0.15) is 10.8 Å². The Bertz CT molecular complexity index is 388. The Hall–Kier alpha value is -1.20. The van der Waals surface area contributed by atoms with Gasteiger partial charge in [-0.05, 0) is 12.8 Å². The number of aromatic nitrogens is 2. The van der Waals surface area contributed by atoms with E-state index in [1.54, 1.807) is 12.0 Å². The van der Waals surface area contributed by atoms with E-state index in [1.807, 2.05) is 0 Å². The van der Waals surface area contributed by atoms with E-state index in [0.717, 1.165) is 12.8 Å². The minimum absolute atomic E-state index is 0.0938. The summed E-state index contributed by atoms with van der Waals surface area (Å²) < 4.78 is 5.26. The van der Waals surface area contributed by atoms with Gasteiger partial charge in [0.15, 0.2) is 0 Å². The summed E-state index contributed by atoms with van der Waals surface area (Å²) in [5, 5.41) is 0.291. The summed E-state index contributed by atoms with van der Waals surface area (Å²) in [6, 6.07) is 0. The first kappa shape index (κ1) is 12.3. The number of nitrogens with zero attached hydrogens (tertiary/aromatic N) is 3. The van der Waals surface area contributed by atoms with E-state index >= 15 is 0 Å². The number of rotatable bonds is 2. The Morgan fingerprint density at radius 1 is 1.41 bits per heavy atom. The summed E-state index contributed by atoms with van der Waals surface area (Å²) in [7, 11) is 1.70. The Morgan fingerprint density at radius 2 is 2.12 bits per heavy atom. The van der Waals surface area contributed by atoms with Gasteiger partial charge in [-0.3, -0.25) is 4.79 Å². The maximum Gasteiger partial charge on any atom is 0.274 e. The number of piperidine rings is 1. The maximum atomic E-state index is 12.0. The average molecular weight is 256 g/mol. The summed E-state index contributed by atoms with van der Waals surface area (Å²) in [4.78, 5) is 21.6. The molecule has 1 amide bonds. The molecular formula is C11H14ClN3O2. The van der Waals surface area contributed by atoms with Crippen LogP contribution < -0.4 is 0 Å². The molecule has 0 saturated carbocycles. The molecule has 1 saturated heterocycles. The summed E-state index contributed by atoms with van der Waals surface area (Å²) in [5.74, 6) is -0.0938. The van der Waals surface area contributed by atoms with Gasteiger partial charge in [0, 0.05) is 20.2 Å². The van der Waals surface area contributed by atoms with Crippen LogP contribution in [0.15, 0.2) is 12.4 Å². The number of amides is 1. The number of methoxy groups -OCH3 is 1. The lowest BCUT2D eigenvalue weighted by Crippen LogP contribution is -2.40. The molecular weight excluding hydrogens is 242 g/mol. The Kier molecular flexibility index (Phi) is 3.91. The van der Waals surface area contributed by atoms with Crippen molar-refractivity contribution < 1.29 is 9.53 Å². The van der Waals surface area contributed by atoms with Crippen molar-refractivity contribution in [3.05, 3.63) is 23.2 Å². The van der Waals surface area contributed by atoms with Gasteiger partial charge in [-0.1, -0.05) is 11.6 Å². The van der Waals surface area contributed by atoms with Crippen molar-refractivity contribution in [1.82, 2.24) is 14.9 Å². The number of halogens is 1. The molecule has 0 N–H and O–H groups in total. The van der Waals surface area contributed by atoms with E-state index in [4.69, 9.17) is 16.3 Å². The molecule has 6 heteroatoms. The van der Waals surface area contributed by atoms with Crippen molar-refractivity contribution in [3.8, 4) is 0 Å². The second-order valence-electron chi connectivity index (χ2n) is 3.95. The first-order valence-corrected chi connectivity index (χ1v) is 5.88. The molecule has 0 radical (unpaired) electrons. The molecule has 1 aromatic heterocycles. The topological polar surface area (TPSA) is 55.3 Å². The van der Waals surface area contributed by atoms with Gasteiger partial charge in [0.05, 0.1) is 18.5 Å². The van der Waals surface area contributed by atoms with Crippen LogP contribution in [0, 0.1) is 0 Å². The molecule has 5 nitrogen and oxygen atoms in total. The Labute approximate surface area is 105 Å². The molecule has 0 unspecified atom stereocenters. The van der Waals surface area contributed by atoms with Crippen LogP contribution in [0.1, 0.15) is 23.3 Å². The molecule has 1 fully saturated rings. The van der Waals surface area contributed by atoms with E-state index in [1.165, 1.54) is 12.4 Å². The Balaban J connectivity index is 1.99. The second kappa shape index (κ2) is 5.42. The van der Waals surface area contributed by atoms with E-state index in [-0.39, 0.29) is 12.0 Å². The molecule has 2 rings (SSSR count). The van der Waals surface area contributed by atoms with Gasteiger partial charge in [0.25, 0.3) is 5.91 Å². The molecule has 2 heterocycles. The highest BCUT2D eigenvalue weighted by atomic mass is 35.5. The molecule has 92 valence electrons. The van der Waals surface area contributed by atoms with Crippen molar-refractivity contribution in [3.63, 3.8) is 0 Å². The zero-order valence-corrected chi connectivity index (χ0v) is 10.4. The van der Waals surface area contributed by atoms with Crippen LogP contribution in [0.25, 0.3) is 0 Å². The second-order valence-corrected chi connectivity index (χ2v) is 4.34. The Morgan fingerprint density at radius 3 is 2.65 bits per heavy atom. The maximum absolute atomic E-state index is 12.0. The molecule has 0 aromatic carbocycles. The summed E-state index contributed by atoms with van der Waals surface area (Å²) in [6.45, 7) is 1.39. The van der Waals surface area contributed by atoms with Crippen LogP contribution in [0.5, 0.6) is 0 Å². The quantitative estimate of drug-likeness (QED) is 0.801. The third-order valence-electron chi connectivity index (χ3n) is 2.90. The highest BCUT2D eigenvalue weighted by Gasteiger charge is 2.24. The van der Waals surface area contributed by atoms with Crippen molar-refractivity contribution in [2.45, 2.75) is 18.9 Å². The van der Waals surface area contributed by atoms with Crippen LogP contribution in [-0.2, 0) is 4.74 Å². The lowest BCUT2D eigenvalue weighted by Gasteiger charge is -2.30. The smallest absolute Gasteiger partial charge is 0.274 e. The van der Waals surface area contributed by atoms with Crippen molar-refractivity contribution in [1.29, 1.82) is 0 Å². The first-order chi connectivity index (χ1) is 8.20. The van der Waals surface area contributed by atoms with Gasteiger partial charge in [-0.15, -0.1) is 0 Å². The fourth-order valence-corrected chi connectivity index (χ4v) is 1.98. The van der Waals surface area contributed by atoms with Gasteiger partial charge in [0.2, 0.25) is 0 Å². The first-order valence-electron chi connectivity index (χ1n) is 5.50. The molecule has 0 aliphatic carbocycles. The van der Waals surface area contributed by atoms with E-state index in [9.17, 15) is 4.79 Å². The standard InChI is InChI=1S/C11H14ClN3O2/c1-17-8-2-4-15(5-3-8)11(16)9-6-14-10(12)7-13-9/h6-8H,2-5H2,1H3. The third-order valence-corrected chi connectivity index (χ3v) is 3.10. The highest BCUT2D eigenvalue weighted by molar-refractivity contribution is 6.29. The molecule has 1 aliphatic heterocycles. The van der Waals surface area contributed by atoms with Gasteiger partial charge in [-0.2, -0.15) is 0 Å². The zero-order chi connectivity index (χ0) is 12.3. The lowest BCUT2D eigenvalue weighted by molar-refractivity contribution is 0.0347. The summed E-state index contributed by atoms with van der Waals surface area (Å²) in [6.07, 6.45) is 4.78. The normalized spacial score (nSPS) is 17.2. The highest BCUT2D eigenvalue weighted by Crippen LogP contribution is 2.15. The van der Waals surface area contributed by atoms with Crippen LogP contribution in [0.3, 0.4) is 0 Å². The van der Waals surface area contributed by atoms with Crippen molar-refractivity contribution >= 4 is 17.5 Å². The van der Waals surface area contributed by atoms with Crippen molar-refractivity contribution in [2.24, 2.45) is 0 Å². The van der Waals surface area contributed by atoms with E-state index in [0.29, 0.717) is 23.9 Å². The minimum Gasteiger partial charge on any atom is -0.381 e.